The van der Waals surface area contributed by atoms with Crippen molar-refractivity contribution in [2.45, 2.75) is 19.9 Å². The number of hydrogen-bond acceptors (Lipinski definition) is 3. The highest BCUT2D eigenvalue weighted by atomic mass is 16.5. The maximum absolute atomic E-state index is 5.51. The average Bonchev–Trinajstić information content (AvgIpc) is 2.43. The lowest BCUT2D eigenvalue weighted by Gasteiger charge is -2.17. The number of nitrogens with zero attached hydrogens (tertiary/aromatic N) is 1. The van der Waals surface area contributed by atoms with E-state index in [2.05, 4.69) is 41.5 Å². The van der Waals surface area contributed by atoms with Gasteiger partial charge >= 0.3 is 0 Å². The van der Waals surface area contributed by atoms with Crippen LogP contribution in [0.4, 0.5) is 0 Å². The fraction of sp³-hybridized carbons (Fsp3) is 0.312. The van der Waals surface area contributed by atoms with Crippen LogP contribution in [-0.2, 0) is 0 Å². The van der Waals surface area contributed by atoms with Crippen molar-refractivity contribution in [3.8, 4) is 5.75 Å². The van der Waals surface area contributed by atoms with Crippen LogP contribution in [0.25, 0.3) is 0 Å². The highest BCUT2D eigenvalue weighted by Crippen LogP contribution is 2.24. The standard InChI is InChI=1S/C16H20N2O/c1-4-19-15-9-14(10-18-11-15)16(17-3)13-7-5-12(2)6-8-13/h5-11,16-17H,4H2,1-3H3. The van der Waals surface area contributed by atoms with Crippen molar-refractivity contribution < 1.29 is 4.74 Å². The number of benzene rings is 1. The number of nitrogens with one attached hydrogen (secondary N) is 1. The lowest BCUT2D eigenvalue weighted by atomic mass is 9.99. The first-order valence-corrected chi connectivity index (χ1v) is 6.56. The molecule has 0 saturated carbocycles. The predicted octanol–water partition coefficient (Wildman–Crippen LogP) is 3.10. The van der Waals surface area contributed by atoms with E-state index in [-0.39, 0.29) is 6.04 Å². The third-order valence-electron chi connectivity index (χ3n) is 3.08. The maximum Gasteiger partial charge on any atom is 0.137 e. The quantitative estimate of drug-likeness (QED) is 0.892. The molecular formula is C16H20N2O. The minimum absolute atomic E-state index is 0.133. The van der Waals surface area contributed by atoms with Gasteiger partial charge in [-0.25, -0.2) is 0 Å². The van der Waals surface area contributed by atoms with Gasteiger partial charge in [-0.05, 0) is 38.1 Å². The van der Waals surface area contributed by atoms with E-state index in [0.29, 0.717) is 6.61 Å². The number of pyridine rings is 1. The zero-order valence-corrected chi connectivity index (χ0v) is 11.7. The topological polar surface area (TPSA) is 34.1 Å². The Balaban J connectivity index is 2.30. The molecule has 0 aliphatic carbocycles. The predicted molar refractivity (Wildman–Crippen MR) is 77.5 cm³/mol. The molecule has 0 bridgehead atoms. The number of aromatic nitrogens is 1. The summed E-state index contributed by atoms with van der Waals surface area (Å²) in [7, 11) is 1.96. The molecule has 0 aliphatic rings. The van der Waals surface area contributed by atoms with Gasteiger partial charge in [-0.15, -0.1) is 0 Å². The normalized spacial score (nSPS) is 12.2. The van der Waals surface area contributed by atoms with Gasteiger partial charge in [0.2, 0.25) is 0 Å². The van der Waals surface area contributed by atoms with Gasteiger partial charge in [-0.2, -0.15) is 0 Å². The van der Waals surface area contributed by atoms with Gasteiger partial charge in [0.25, 0.3) is 0 Å². The summed E-state index contributed by atoms with van der Waals surface area (Å²) in [6.45, 7) is 4.72. The maximum atomic E-state index is 5.51. The van der Waals surface area contributed by atoms with Gasteiger partial charge in [0.15, 0.2) is 0 Å². The van der Waals surface area contributed by atoms with Crippen LogP contribution < -0.4 is 10.1 Å². The van der Waals surface area contributed by atoms with Crippen molar-refractivity contribution in [2.24, 2.45) is 0 Å². The van der Waals surface area contributed by atoms with Crippen molar-refractivity contribution in [1.29, 1.82) is 0 Å². The highest BCUT2D eigenvalue weighted by Gasteiger charge is 2.12. The van der Waals surface area contributed by atoms with Crippen molar-refractivity contribution >= 4 is 0 Å². The Labute approximate surface area is 114 Å². The average molecular weight is 256 g/mol. The molecule has 1 N–H and O–H groups in total. The number of aryl methyl sites for hydroxylation is 1. The first-order chi connectivity index (χ1) is 9.24. The summed E-state index contributed by atoms with van der Waals surface area (Å²) in [6, 6.07) is 10.7. The van der Waals surface area contributed by atoms with Gasteiger partial charge in [0.05, 0.1) is 18.8 Å². The minimum atomic E-state index is 0.133. The third kappa shape index (κ3) is 3.32. The van der Waals surface area contributed by atoms with E-state index < -0.39 is 0 Å². The van der Waals surface area contributed by atoms with Crippen LogP contribution in [0.15, 0.2) is 42.7 Å². The smallest absolute Gasteiger partial charge is 0.137 e. The van der Waals surface area contributed by atoms with Gasteiger partial charge in [-0.1, -0.05) is 29.8 Å². The lowest BCUT2D eigenvalue weighted by Crippen LogP contribution is -2.17. The molecule has 0 amide bonds. The molecule has 1 heterocycles. The molecule has 1 aromatic carbocycles. The molecule has 3 nitrogen and oxygen atoms in total. The summed E-state index contributed by atoms with van der Waals surface area (Å²) < 4.78 is 5.51. The van der Waals surface area contributed by atoms with Gasteiger partial charge in [-0.3, -0.25) is 4.98 Å². The van der Waals surface area contributed by atoms with Crippen LogP contribution in [0.2, 0.25) is 0 Å². The largest absolute Gasteiger partial charge is 0.492 e. The van der Waals surface area contributed by atoms with E-state index in [1.807, 2.05) is 26.2 Å². The van der Waals surface area contributed by atoms with Crippen molar-refractivity contribution in [2.75, 3.05) is 13.7 Å². The first kappa shape index (κ1) is 13.6. The van der Waals surface area contributed by atoms with Crippen molar-refractivity contribution in [3.05, 3.63) is 59.4 Å². The fourth-order valence-electron chi connectivity index (χ4n) is 2.12. The van der Waals surface area contributed by atoms with E-state index in [4.69, 9.17) is 4.74 Å². The summed E-state index contributed by atoms with van der Waals surface area (Å²) in [5.74, 6) is 0.812. The minimum Gasteiger partial charge on any atom is -0.492 e. The highest BCUT2D eigenvalue weighted by molar-refractivity contribution is 5.35. The van der Waals surface area contributed by atoms with Crippen molar-refractivity contribution in [3.63, 3.8) is 0 Å². The molecule has 0 saturated heterocycles. The number of rotatable bonds is 5. The molecule has 1 aromatic heterocycles. The fourth-order valence-corrected chi connectivity index (χ4v) is 2.12. The molecule has 100 valence electrons. The Morgan fingerprint density at radius 3 is 2.53 bits per heavy atom. The summed E-state index contributed by atoms with van der Waals surface area (Å²) in [5.41, 5.74) is 3.60. The first-order valence-electron chi connectivity index (χ1n) is 6.56. The summed E-state index contributed by atoms with van der Waals surface area (Å²) >= 11 is 0. The molecule has 0 spiro atoms. The van der Waals surface area contributed by atoms with Gasteiger partial charge < -0.3 is 10.1 Å². The number of ether oxygens (including phenoxy) is 1. The molecule has 1 unspecified atom stereocenters. The van der Waals surface area contributed by atoms with E-state index in [9.17, 15) is 0 Å². The molecule has 2 aromatic rings. The lowest BCUT2D eigenvalue weighted by molar-refractivity contribution is 0.338. The monoisotopic (exact) mass is 256 g/mol. The summed E-state index contributed by atoms with van der Waals surface area (Å²) in [5, 5.41) is 3.33. The van der Waals surface area contributed by atoms with E-state index >= 15 is 0 Å². The molecule has 0 aliphatic heterocycles. The van der Waals surface area contributed by atoms with Crippen LogP contribution in [0, 0.1) is 6.92 Å². The molecule has 1 atom stereocenters. The second-order valence-electron chi connectivity index (χ2n) is 4.52. The summed E-state index contributed by atoms with van der Waals surface area (Å²) in [6.07, 6.45) is 3.62. The second kappa shape index (κ2) is 6.34. The van der Waals surface area contributed by atoms with Crippen LogP contribution in [0.5, 0.6) is 5.75 Å². The zero-order valence-electron chi connectivity index (χ0n) is 11.7. The Bertz CT molecular complexity index is 523. The van der Waals surface area contributed by atoms with Crippen LogP contribution in [0.3, 0.4) is 0 Å². The van der Waals surface area contributed by atoms with E-state index in [1.165, 1.54) is 11.1 Å². The Hall–Kier alpha value is -1.87. The molecule has 19 heavy (non-hydrogen) atoms. The molecular weight excluding hydrogens is 236 g/mol. The van der Waals surface area contributed by atoms with Crippen LogP contribution >= 0.6 is 0 Å². The summed E-state index contributed by atoms with van der Waals surface area (Å²) in [4.78, 5) is 4.25. The van der Waals surface area contributed by atoms with Gasteiger partial charge in [0, 0.05) is 6.20 Å². The second-order valence-corrected chi connectivity index (χ2v) is 4.52. The van der Waals surface area contributed by atoms with Crippen molar-refractivity contribution in [1.82, 2.24) is 10.3 Å². The van der Waals surface area contributed by atoms with Gasteiger partial charge in [0.1, 0.15) is 5.75 Å². The SMILES string of the molecule is CCOc1cncc(C(NC)c2ccc(C)cc2)c1. The number of hydrogen-bond donors (Lipinski definition) is 1. The van der Waals surface area contributed by atoms with Crippen LogP contribution in [0.1, 0.15) is 29.7 Å². The molecule has 0 fully saturated rings. The van der Waals surface area contributed by atoms with E-state index in [0.717, 1.165) is 11.3 Å². The zero-order chi connectivity index (χ0) is 13.7. The molecule has 0 radical (unpaired) electrons. The Kier molecular flexibility index (Phi) is 4.53. The Morgan fingerprint density at radius 2 is 1.89 bits per heavy atom. The molecule has 2 rings (SSSR count). The third-order valence-corrected chi connectivity index (χ3v) is 3.08. The molecule has 3 heteroatoms. The van der Waals surface area contributed by atoms with E-state index in [1.54, 1.807) is 6.20 Å². The Morgan fingerprint density at radius 1 is 1.16 bits per heavy atom. The van der Waals surface area contributed by atoms with Crippen LogP contribution in [-0.4, -0.2) is 18.6 Å².